The van der Waals surface area contributed by atoms with Crippen molar-refractivity contribution < 1.29 is 19.0 Å². The van der Waals surface area contributed by atoms with Crippen molar-refractivity contribution in [3.05, 3.63) is 88.5 Å². The minimum absolute atomic E-state index is 0.0377. The Morgan fingerprint density at radius 3 is 2.39 bits per heavy atom. The fraction of sp³-hybridized carbons (Fsp3) is 0.154. The van der Waals surface area contributed by atoms with Crippen LogP contribution in [0.5, 0.6) is 17.2 Å². The number of ether oxygens (including phenoxy) is 3. The number of methoxy groups -OCH3 is 1. The Kier molecular flexibility index (Phi) is 8.34. The third-order valence-corrected chi connectivity index (χ3v) is 4.85. The van der Waals surface area contributed by atoms with Gasteiger partial charge < -0.3 is 19.5 Å². The van der Waals surface area contributed by atoms with Gasteiger partial charge in [-0.1, -0.05) is 29.8 Å². The zero-order valence-corrected chi connectivity index (χ0v) is 19.1. The topological polar surface area (TPSA) is 80.6 Å². The van der Waals surface area contributed by atoms with Crippen LogP contribution in [0, 0.1) is 11.3 Å². The van der Waals surface area contributed by atoms with E-state index in [1.54, 1.807) is 42.5 Å². The average molecular weight is 463 g/mol. The first-order valence-corrected chi connectivity index (χ1v) is 10.6. The van der Waals surface area contributed by atoms with Crippen molar-refractivity contribution in [2.24, 2.45) is 0 Å². The van der Waals surface area contributed by atoms with Gasteiger partial charge in [-0.2, -0.15) is 5.26 Å². The van der Waals surface area contributed by atoms with Crippen molar-refractivity contribution in [1.82, 2.24) is 0 Å². The number of amides is 1. The van der Waals surface area contributed by atoms with Crippen molar-refractivity contribution in [3.63, 3.8) is 0 Å². The molecule has 3 aromatic rings. The highest BCUT2D eigenvalue weighted by molar-refractivity contribution is 6.30. The molecule has 0 aromatic heterocycles. The number of halogens is 1. The fourth-order valence-electron chi connectivity index (χ4n) is 2.94. The van der Waals surface area contributed by atoms with Gasteiger partial charge in [0.25, 0.3) is 5.91 Å². The van der Waals surface area contributed by atoms with Gasteiger partial charge in [0.2, 0.25) is 0 Å². The lowest BCUT2D eigenvalue weighted by Crippen LogP contribution is -2.13. The molecule has 168 valence electrons. The molecule has 0 fully saturated rings. The Hall–Kier alpha value is -3.95. The molecule has 0 aliphatic carbocycles. The molecule has 33 heavy (non-hydrogen) atoms. The average Bonchev–Trinajstić information content (AvgIpc) is 2.84. The minimum atomic E-state index is -0.514. The number of nitrogens with one attached hydrogen (secondary N) is 1. The predicted molar refractivity (Wildman–Crippen MR) is 129 cm³/mol. The summed E-state index contributed by atoms with van der Waals surface area (Å²) in [5.41, 5.74) is 2.15. The zero-order chi connectivity index (χ0) is 23.6. The molecule has 0 bridgehead atoms. The Morgan fingerprint density at radius 1 is 1.03 bits per heavy atom. The minimum Gasteiger partial charge on any atom is -0.493 e. The van der Waals surface area contributed by atoms with Gasteiger partial charge in [-0.15, -0.1) is 0 Å². The second-order valence-corrected chi connectivity index (χ2v) is 7.34. The highest BCUT2D eigenvalue weighted by Gasteiger charge is 2.11. The van der Waals surface area contributed by atoms with Crippen LogP contribution in [0.1, 0.15) is 18.1 Å². The monoisotopic (exact) mass is 462 g/mol. The molecule has 0 aliphatic rings. The molecule has 0 heterocycles. The number of nitriles is 1. The van der Waals surface area contributed by atoms with Crippen LogP contribution in [-0.2, 0) is 11.4 Å². The van der Waals surface area contributed by atoms with Gasteiger partial charge in [-0.25, -0.2) is 0 Å². The predicted octanol–water partition coefficient (Wildman–Crippen LogP) is 5.87. The second kappa shape index (κ2) is 11.6. The summed E-state index contributed by atoms with van der Waals surface area (Å²) in [6.07, 6.45) is 1.50. The number of hydrogen-bond donors (Lipinski definition) is 1. The largest absolute Gasteiger partial charge is 0.493 e. The number of carbonyl (C=O) groups is 1. The molecule has 6 nitrogen and oxygen atoms in total. The lowest BCUT2D eigenvalue weighted by molar-refractivity contribution is -0.112. The molecule has 1 N–H and O–H groups in total. The number of rotatable bonds is 9. The van der Waals surface area contributed by atoms with E-state index in [1.165, 1.54) is 13.2 Å². The Morgan fingerprint density at radius 2 is 1.76 bits per heavy atom. The molecule has 0 saturated carbocycles. The molecule has 1 amide bonds. The highest BCUT2D eigenvalue weighted by atomic mass is 35.5. The van der Waals surface area contributed by atoms with E-state index in [9.17, 15) is 10.1 Å². The summed E-state index contributed by atoms with van der Waals surface area (Å²) in [6, 6.07) is 21.5. The summed E-state index contributed by atoms with van der Waals surface area (Å²) in [7, 11) is 1.53. The SMILES string of the molecule is CCOc1ccc(/C=C(\C#N)C(=O)Nc2ccc(OCc3ccc(Cl)cc3)cc2)cc1OC. The van der Waals surface area contributed by atoms with Crippen LogP contribution < -0.4 is 19.5 Å². The van der Waals surface area contributed by atoms with Gasteiger partial charge in [0.05, 0.1) is 13.7 Å². The van der Waals surface area contributed by atoms with Crippen molar-refractivity contribution >= 4 is 29.3 Å². The van der Waals surface area contributed by atoms with E-state index >= 15 is 0 Å². The lowest BCUT2D eigenvalue weighted by Gasteiger charge is -2.10. The number of benzene rings is 3. The van der Waals surface area contributed by atoms with E-state index in [0.717, 1.165) is 5.56 Å². The first-order chi connectivity index (χ1) is 16.0. The summed E-state index contributed by atoms with van der Waals surface area (Å²) in [4.78, 5) is 12.6. The molecule has 0 atom stereocenters. The van der Waals surface area contributed by atoms with E-state index in [1.807, 2.05) is 37.3 Å². The maximum Gasteiger partial charge on any atom is 0.266 e. The second-order valence-electron chi connectivity index (χ2n) is 6.91. The van der Waals surface area contributed by atoms with E-state index < -0.39 is 5.91 Å². The van der Waals surface area contributed by atoms with Crippen LogP contribution in [-0.4, -0.2) is 19.6 Å². The van der Waals surface area contributed by atoms with Crippen LogP contribution >= 0.6 is 11.6 Å². The van der Waals surface area contributed by atoms with E-state index in [4.69, 9.17) is 25.8 Å². The van der Waals surface area contributed by atoms with Crippen LogP contribution in [0.25, 0.3) is 6.08 Å². The Bertz CT molecular complexity index is 1170. The van der Waals surface area contributed by atoms with E-state index in [-0.39, 0.29) is 5.57 Å². The molecule has 3 rings (SSSR count). The number of hydrogen-bond acceptors (Lipinski definition) is 5. The first kappa shape index (κ1) is 23.7. The summed E-state index contributed by atoms with van der Waals surface area (Å²) >= 11 is 5.89. The highest BCUT2D eigenvalue weighted by Crippen LogP contribution is 2.29. The smallest absolute Gasteiger partial charge is 0.266 e. The standard InChI is InChI=1S/C26H23ClN2O4/c1-3-32-24-13-6-19(15-25(24)31-2)14-20(16-28)26(30)29-22-9-11-23(12-10-22)33-17-18-4-7-21(27)8-5-18/h4-15H,3,17H2,1-2H3,(H,29,30)/b20-14+. The molecule has 7 heteroatoms. The maximum absolute atomic E-state index is 12.6. The summed E-state index contributed by atoms with van der Waals surface area (Å²) in [5.74, 6) is 1.26. The normalized spacial score (nSPS) is 10.8. The summed E-state index contributed by atoms with van der Waals surface area (Å²) in [5, 5.41) is 12.9. The third kappa shape index (κ3) is 6.76. The van der Waals surface area contributed by atoms with Crippen molar-refractivity contribution in [2.45, 2.75) is 13.5 Å². The van der Waals surface area contributed by atoms with Crippen molar-refractivity contribution in [1.29, 1.82) is 5.26 Å². The van der Waals surface area contributed by atoms with Crippen LogP contribution in [0.4, 0.5) is 5.69 Å². The fourth-order valence-corrected chi connectivity index (χ4v) is 3.07. The molecule has 0 radical (unpaired) electrons. The lowest BCUT2D eigenvalue weighted by atomic mass is 10.1. The molecule has 0 unspecified atom stereocenters. The molecule has 0 aliphatic heterocycles. The van der Waals surface area contributed by atoms with Gasteiger partial charge >= 0.3 is 0 Å². The van der Waals surface area contributed by atoms with E-state index in [2.05, 4.69) is 5.32 Å². The quantitative estimate of drug-likeness (QED) is 0.317. The van der Waals surface area contributed by atoms with Gasteiger partial charge in [-0.05, 0) is 72.7 Å². The third-order valence-electron chi connectivity index (χ3n) is 4.59. The maximum atomic E-state index is 12.6. The Labute approximate surface area is 198 Å². The molecular weight excluding hydrogens is 440 g/mol. The molecule has 0 spiro atoms. The van der Waals surface area contributed by atoms with Crippen LogP contribution in [0.3, 0.4) is 0 Å². The van der Waals surface area contributed by atoms with Gasteiger partial charge in [0, 0.05) is 10.7 Å². The van der Waals surface area contributed by atoms with Crippen molar-refractivity contribution in [3.8, 4) is 23.3 Å². The van der Waals surface area contributed by atoms with E-state index in [0.29, 0.717) is 46.7 Å². The molecule has 0 saturated heterocycles. The summed E-state index contributed by atoms with van der Waals surface area (Å²) < 4.78 is 16.6. The number of nitrogens with zero attached hydrogens (tertiary/aromatic N) is 1. The van der Waals surface area contributed by atoms with Gasteiger partial charge in [0.1, 0.15) is 24.0 Å². The zero-order valence-electron chi connectivity index (χ0n) is 18.3. The molecular formula is C26H23ClN2O4. The Balaban J connectivity index is 1.64. The summed E-state index contributed by atoms with van der Waals surface area (Å²) in [6.45, 7) is 2.78. The van der Waals surface area contributed by atoms with Crippen molar-refractivity contribution in [2.75, 3.05) is 19.0 Å². The first-order valence-electron chi connectivity index (χ1n) is 10.2. The van der Waals surface area contributed by atoms with Crippen LogP contribution in [0.2, 0.25) is 5.02 Å². The van der Waals surface area contributed by atoms with Crippen LogP contribution in [0.15, 0.2) is 72.3 Å². The number of anilines is 1. The van der Waals surface area contributed by atoms with Gasteiger partial charge in [-0.3, -0.25) is 4.79 Å². The number of carbonyl (C=O) groups excluding carboxylic acids is 1. The van der Waals surface area contributed by atoms with Gasteiger partial charge in [0.15, 0.2) is 11.5 Å². The molecule has 3 aromatic carbocycles.